The second-order valence-corrected chi connectivity index (χ2v) is 11.3. The van der Waals surface area contributed by atoms with Crippen LogP contribution >= 0.6 is 15.9 Å². The van der Waals surface area contributed by atoms with Crippen LogP contribution in [-0.2, 0) is 22.6 Å². The molecule has 0 spiro atoms. The van der Waals surface area contributed by atoms with Gasteiger partial charge in [0.2, 0.25) is 5.91 Å². The highest BCUT2D eigenvalue weighted by molar-refractivity contribution is 9.10. The number of nitrogens with one attached hydrogen (secondary N) is 1. The van der Waals surface area contributed by atoms with Gasteiger partial charge in [0.1, 0.15) is 11.8 Å². The molecule has 38 heavy (non-hydrogen) atoms. The van der Waals surface area contributed by atoms with E-state index >= 15 is 0 Å². The Kier molecular flexibility index (Phi) is 11.0. The summed E-state index contributed by atoms with van der Waals surface area (Å²) in [5, 5.41) is 3.06. The van der Waals surface area contributed by atoms with Crippen molar-refractivity contribution in [3.05, 3.63) is 99.5 Å². The molecule has 1 N–H and O–H groups in total. The standard InChI is InChI=1S/C32H39BrN2O3/c1-22(2)19-34-32(37)29(17-25-12-7-6-8-13-25)35(20-27-14-10-9-11-24(27)5)31(36)21-38-30-16-15-26(23(3)4)18-28(30)33/h6-16,18,22-23,29H,17,19-21H2,1-5H3,(H,34,37)/t29-/m0/s1. The average Bonchev–Trinajstić information content (AvgIpc) is 2.89. The van der Waals surface area contributed by atoms with Gasteiger partial charge in [-0.15, -0.1) is 0 Å². The van der Waals surface area contributed by atoms with E-state index in [-0.39, 0.29) is 18.4 Å². The summed E-state index contributed by atoms with van der Waals surface area (Å²) in [6.45, 7) is 11.1. The summed E-state index contributed by atoms with van der Waals surface area (Å²) < 4.78 is 6.79. The van der Waals surface area contributed by atoms with E-state index in [0.29, 0.717) is 37.1 Å². The average molecular weight is 580 g/mol. The first-order valence-corrected chi connectivity index (χ1v) is 14.0. The summed E-state index contributed by atoms with van der Waals surface area (Å²) in [6, 6.07) is 23.0. The molecule has 0 radical (unpaired) electrons. The smallest absolute Gasteiger partial charge is 0.261 e. The molecule has 6 heteroatoms. The summed E-state index contributed by atoms with van der Waals surface area (Å²) >= 11 is 3.58. The second-order valence-electron chi connectivity index (χ2n) is 10.4. The number of rotatable bonds is 12. The van der Waals surface area contributed by atoms with Gasteiger partial charge in [-0.1, -0.05) is 88.4 Å². The zero-order chi connectivity index (χ0) is 27.7. The lowest BCUT2D eigenvalue weighted by Crippen LogP contribution is -2.52. The molecule has 0 aliphatic carbocycles. The van der Waals surface area contributed by atoms with Gasteiger partial charge in [-0.05, 0) is 69.1 Å². The van der Waals surface area contributed by atoms with E-state index in [0.717, 1.165) is 21.2 Å². The third-order valence-electron chi connectivity index (χ3n) is 6.53. The van der Waals surface area contributed by atoms with E-state index < -0.39 is 6.04 Å². The molecule has 5 nitrogen and oxygen atoms in total. The molecule has 0 saturated carbocycles. The Balaban J connectivity index is 1.91. The molecular formula is C32H39BrN2O3. The molecule has 1 atom stereocenters. The Morgan fingerprint density at radius 3 is 2.26 bits per heavy atom. The van der Waals surface area contributed by atoms with Crippen molar-refractivity contribution in [1.82, 2.24) is 10.2 Å². The van der Waals surface area contributed by atoms with Crippen LogP contribution in [0.5, 0.6) is 5.75 Å². The van der Waals surface area contributed by atoms with E-state index in [2.05, 4.69) is 48.9 Å². The monoisotopic (exact) mass is 578 g/mol. The molecule has 0 aliphatic heterocycles. The Morgan fingerprint density at radius 2 is 1.63 bits per heavy atom. The predicted octanol–water partition coefficient (Wildman–Crippen LogP) is 6.67. The van der Waals surface area contributed by atoms with Crippen LogP contribution in [0.4, 0.5) is 0 Å². The van der Waals surface area contributed by atoms with E-state index in [1.165, 1.54) is 5.56 Å². The zero-order valence-corrected chi connectivity index (χ0v) is 24.6. The maximum atomic E-state index is 13.8. The third kappa shape index (κ3) is 8.45. The van der Waals surface area contributed by atoms with Crippen LogP contribution in [0.15, 0.2) is 77.3 Å². The van der Waals surface area contributed by atoms with Gasteiger partial charge in [0, 0.05) is 19.5 Å². The van der Waals surface area contributed by atoms with Gasteiger partial charge in [-0.2, -0.15) is 0 Å². The number of carbonyl (C=O) groups excluding carboxylic acids is 2. The number of ether oxygens (including phenoxy) is 1. The fourth-order valence-corrected chi connectivity index (χ4v) is 4.67. The Morgan fingerprint density at radius 1 is 0.947 bits per heavy atom. The van der Waals surface area contributed by atoms with E-state index in [1.807, 2.05) is 79.7 Å². The fraction of sp³-hybridized carbons (Fsp3) is 0.375. The van der Waals surface area contributed by atoms with E-state index in [4.69, 9.17) is 4.74 Å². The zero-order valence-electron chi connectivity index (χ0n) is 23.0. The maximum Gasteiger partial charge on any atom is 0.261 e. The van der Waals surface area contributed by atoms with Crippen molar-refractivity contribution in [2.24, 2.45) is 5.92 Å². The number of carbonyl (C=O) groups is 2. The van der Waals surface area contributed by atoms with Gasteiger partial charge < -0.3 is 15.0 Å². The summed E-state index contributed by atoms with van der Waals surface area (Å²) in [5.41, 5.74) is 4.24. The summed E-state index contributed by atoms with van der Waals surface area (Å²) in [7, 11) is 0. The Hall–Kier alpha value is -3.12. The van der Waals surface area contributed by atoms with Crippen molar-refractivity contribution >= 4 is 27.7 Å². The van der Waals surface area contributed by atoms with Gasteiger partial charge in [0.15, 0.2) is 6.61 Å². The molecular weight excluding hydrogens is 540 g/mol. The molecule has 0 saturated heterocycles. The fourth-order valence-electron chi connectivity index (χ4n) is 4.16. The largest absolute Gasteiger partial charge is 0.483 e. The quantitative estimate of drug-likeness (QED) is 0.261. The van der Waals surface area contributed by atoms with Crippen LogP contribution in [0.25, 0.3) is 0 Å². The Bertz CT molecular complexity index is 1210. The number of halogens is 1. The van der Waals surface area contributed by atoms with Crippen LogP contribution in [0.2, 0.25) is 0 Å². The van der Waals surface area contributed by atoms with Crippen LogP contribution < -0.4 is 10.1 Å². The molecule has 2 amide bonds. The first-order valence-electron chi connectivity index (χ1n) is 13.2. The normalized spacial score (nSPS) is 11.9. The van der Waals surface area contributed by atoms with Crippen LogP contribution in [0.3, 0.4) is 0 Å². The SMILES string of the molecule is Cc1ccccc1CN(C(=O)COc1ccc(C(C)C)cc1Br)[C@@H](Cc1ccccc1)C(=O)NCC(C)C. The molecule has 0 fully saturated rings. The Labute approximate surface area is 235 Å². The van der Waals surface area contributed by atoms with E-state index in [1.54, 1.807) is 4.90 Å². The van der Waals surface area contributed by atoms with Crippen molar-refractivity contribution in [3.63, 3.8) is 0 Å². The number of hydrogen-bond acceptors (Lipinski definition) is 3. The second kappa shape index (κ2) is 14.1. The molecule has 0 aromatic heterocycles. The molecule has 0 heterocycles. The lowest BCUT2D eigenvalue weighted by molar-refractivity contribution is -0.142. The van der Waals surface area contributed by atoms with Crippen molar-refractivity contribution in [1.29, 1.82) is 0 Å². The molecule has 0 bridgehead atoms. The lowest BCUT2D eigenvalue weighted by Gasteiger charge is -2.32. The molecule has 0 aliphatic rings. The number of aryl methyl sites for hydroxylation is 1. The highest BCUT2D eigenvalue weighted by Gasteiger charge is 2.31. The summed E-state index contributed by atoms with van der Waals surface area (Å²) in [5.74, 6) is 0.879. The van der Waals surface area contributed by atoms with Gasteiger partial charge in [-0.25, -0.2) is 0 Å². The predicted molar refractivity (Wildman–Crippen MR) is 157 cm³/mol. The summed E-state index contributed by atoms with van der Waals surface area (Å²) in [4.78, 5) is 29.0. The highest BCUT2D eigenvalue weighted by Crippen LogP contribution is 2.29. The van der Waals surface area contributed by atoms with Crippen LogP contribution in [-0.4, -0.2) is 35.9 Å². The topological polar surface area (TPSA) is 58.6 Å². The molecule has 3 aromatic carbocycles. The van der Waals surface area contributed by atoms with Gasteiger partial charge in [0.05, 0.1) is 4.47 Å². The number of benzene rings is 3. The number of hydrogen-bond donors (Lipinski definition) is 1. The van der Waals surface area contributed by atoms with Crippen molar-refractivity contribution in [2.75, 3.05) is 13.2 Å². The maximum absolute atomic E-state index is 13.8. The van der Waals surface area contributed by atoms with Crippen molar-refractivity contribution in [3.8, 4) is 5.75 Å². The first-order chi connectivity index (χ1) is 18.2. The first kappa shape index (κ1) is 29.4. The third-order valence-corrected chi connectivity index (χ3v) is 7.15. The highest BCUT2D eigenvalue weighted by atomic mass is 79.9. The van der Waals surface area contributed by atoms with Gasteiger partial charge in [0.25, 0.3) is 5.91 Å². The van der Waals surface area contributed by atoms with E-state index in [9.17, 15) is 9.59 Å². The van der Waals surface area contributed by atoms with Crippen molar-refractivity contribution in [2.45, 2.75) is 59.5 Å². The number of nitrogens with zero attached hydrogens (tertiary/aromatic N) is 1. The minimum absolute atomic E-state index is 0.160. The number of amides is 2. The van der Waals surface area contributed by atoms with Gasteiger partial charge in [-0.3, -0.25) is 9.59 Å². The van der Waals surface area contributed by atoms with Crippen molar-refractivity contribution < 1.29 is 14.3 Å². The molecule has 0 unspecified atom stereocenters. The van der Waals surface area contributed by atoms with Gasteiger partial charge >= 0.3 is 0 Å². The molecule has 3 rings (SSSR count). The minimum Gasteiger partial charge on any atom is -0.483 e. The molecule has 3 aromatic rings. The molecule has 202 valence electrons. The minimum atomic E-state index is -0.682. The van der Waals surface area contributed by atoms with Crippen LogP contribution in [0.1, 0.15) is 55.9 Å². The lowest BCUT2D eigenvalue weighted by atomic mass is 10.0. The summed E-state index contributed by atoms with van der Waals surface area (Å²) in [6.07, 6.45) is 0.412. The van der Waals surface area contributed by atoms with Crippen LogP contribution in [0, 0.1) is 12.8 Å².